The van der Waals surface area contributed by atoms with Gasteiger partial charge in [-0.15, -0.1) is 0 Å². The van der Waals surface area contributed by atoms with E-state index in [1.807, 2.05) is 4.90 Å². The van der Waals surface area contributed by atoms with E-state index in [9.17, 15) is 13.2 Å². The fraction of sp³-hybridized carbons (Fsp3) is 0.700. The topological polar surface area (TPSA) is 46.6 Å². The van der Waals surface area contributed by atoms with Crippen LogP contribution in [0.1, 0.15) is 39.5 Å². The minimum Gasteiger partial charge on any atom is -0.768 e. The maximum absolute atomic E-state index is 14.1. The third-order valence-corrected chi connectivity index (χ3v) is 6.80. The normalized spacial score (nSPS) is 22.1. The molecule has 0 aromatic heterocycles. The van der Waals surface area contributed by atoms with Gasteiger partial charge in [0.15, 0.2) is 0 Å². The van der Waals surface area contributed by atoms with E-state index in [0.717, 1.165) is 44.3 Å². The van der Waals surface area contributed by atoms with Crippen molar-refractivity contribution in [1.82, 2.24) is 4.90 Å². The molecule has 0 aliphatic carbocycles. The zero-order valence-electron chi connectivity index (χ0n) is 15.8. The van der Waals surface area contributed by atoms with Crippen molar-refractivity contribution in [3.05, 3.63) is 24.0 Å². The smallest absolute Gasteiger partial charge is 0.146 e. The summed E-state index contributed by atoms with van der Waals surface area (Å²) in [6, 6.07) is 4.02. The average Bonchev–Trinajstić information content (AvgIpc) is 2.63. The number of likely N-dealkylation sites (tertiary alicyclic amines) is 1. The Labute approximate surface area is 159 Å². The van der Waals surface area contributed by atoms with Crippen molar-refractivity contribution in [2.24, 2.45) is 17.8 Å². The molecule has 0 bridgehead atoms. The van der Waals surface area contributed by atoms with Gasteiger partial charge in [0, 0.05) is 24.5 Å². The molecule has 0 amide bonds. The van der Waals surface area contributed by atoms with Gasteiger partial charge in [-0.2, -0.15) is 0 Å². The van der Waals surface area contributed by atoms with Crippen LogP contribution in [0, 0.1) is 23.6 Å². The summed E-state index contributed by atoms with van der Waals surface area (Å²) in [6.45, 7) is 9.78. The highest BCUT2D eigenvalue weighted by molar-refractivity contribution is 7.79. The molecule has 4 nitrogen and oxygen atoms in total. The van der Waals surface area contributed by atoms with Gasteiger partial charge < -0.3 is 14.4 Å². The van der Waals surface area contributed by atoms with Crippen molar-refractivity contribution in [3.8, 4) is 0 Å². The summed E-state index contributed by atoms with van der Waals surface area (Å²) < 4.78 is 36.4. The Morgan fingerprint density at radius 1 is 1.15 bits per heavy atom. The maximum atomic E-state index is 14.1. The average molecular weight is 382 g/mol. The number of halogens is 1. The monoisotopic (exact) mass is 381 g/mol. The molecule has 2 aliphatic rings. The predicted molar refractivity (Wildman–Crippen MR) is 103 cm³/mol. The van der Waals surface area contributed by atoms with Crippen molar-refractivity contribution in [3.63, 3.8) is 0 Å². The first-order valence-electron chi connectivity index (χ1n) is 9.80. The van der Waals surface area contributed by atoms with Crippen molar-refractivity contribution in [1.29, 1.82) is 0 Å². The van der Waals surface area contributed by atoms with Gasteiger partial charge >= 0.3 is 0 Å². The second-order valence-electron chi connectivity index (χ2n) is 8.16. The van der Waals surface area contributed by atoms with Crippen LogP contribution >= 0.6 is 0 Å². The Kier molecular flexibility index (Phi) is 6.70. The van der Waals surface area contributed by atoms with Crippen molar-refractivity contribution in [2.75, 3.05) is 37.6 Å². The van der Waals surface area contributed by atoms with Gasteiger partial charge in [-0.3, -0.25) is 4.21 Å². The first-order valence-corrected chi connectivity index (χ1v) is 10.9. The number of hydrogen-bond acceptors (Lipinski definition) is 4. The second-order valence-corrected chi connectivity index (χ2v) is 9.10. The Balaban J connectivity index is 1.51. The summed E-state index contributed by atoms with van der Waals surface area (Å²) in [4.78, 5) is 4.74. The summed E-state index contributed by atoms with van der Waals surface area (Å²) in [5, 5.41) is 0. The predicted octanol–water partition coefficient (Wildman–Crippen LogP) is 3.65. The molecule has 26 heavy (non-hydrogen) atoms. The highest BCUT2D eigenvalue weighted by atomic mass is 32.2. The number of nitrogens with zero attached hydrogens (tertiary/aromatic N) is 2. The number of anilines is 1. The molecule has 2 saturated heterocycles. The van der Waals surface area contributed by atoms with E-state index >= 15 is 0 Å². The lowest BCUT2D eigenvalue weighted by Gasteiger charge is -2.39. The molecule has 6 heteroatoms. The number of hydrogen-bond donors (Lipinski definition) is 0. The van der Waals surface area contributed by atoms with Crippen LogP contribution in [0.15, 0.2) is 23.1 Å². The van der Waals surface area contributed by atoms with Crippen LogP contribution in [0.5, 0.6) is 0 Å². The second kappa shape index (κ2) is 8.81. The molecule has 0 radical (unpaired) electrons. The van der Waals surface area contributed by atoms with Gasteiger partial charge in [0.2, 0.25) is 0 Å². The molecule has 1 aromatic carbocycles. The highest BCUT2D eigenvalue weighted by Crippen LogP contribution is 2.29. The molecule has 2 fully saturated rings. The van der Waals surface area contributed by atoms with Crippen LogP contribution in [0.4, 0.5) is 10.1 Å². The molecule has 0 saturated carbocycles. The lowest BCUT2D eigenvalue weighted by atomic mass is 9.86. The third kappa shape index (κ3) is 4.84. The van der Waals surface area contributed by atoms with Gasteiger partial charge in [0.1, 0.15) is 5.82 Å². The summed E-state index contributed by atoms with van der Waals surface area (Å²) in [5.41, 5.74) is 0.419. The highest BCUT2D eigenvalue weighted by Gasteiger charge is 2.26. The Hall–Kier alpha value is -0.980. The molecular weight excluding hydrogens is 351 g/mol. The SMILES string of the molecule is CC(C)C1CCN(CC2CCN(c3cc(S(=O)[O-])ccc3F)CC2)CC1. The Morgan fingerprint density at radius 3 is 2.38 bits per heavy atom. The van der Waals surface area contributed by atoms with E-state index in [0.29, 0.717) is 11.6 Å². The molecule has 3 rings (SSSR count). The Bertz CT molecular complexity index is 624. The summed E-state index contributed by atoms with van der Waals surface area (Å²) in [5.74, 6) is 1.97. The van der Waals surface area contributed by atoms with E-state index < -0.39 is 11.1 Å². The molecule has 0 N–H and O–H groups in total. The van der Waals surface area contributed by atoms with E-state index in [4.69, 9.17) is 0 Å². The molecule has 0 spiro atoms. The molecular formula is C20H30FN2O2S-. The van der Waals surface area contributed by atoms with Crippen molar-refractivity contribution < 1.29 is 13.2 Å². The molecule has 1 aromatic rings. The summed E-state index contributed by atoms with van der Waals surface area (Å²) in [6.07, 6.45) is 4.68. The first-order chi connectivity index (χ1) is 12.4. The van der Waals surface area contributed by atoms with Crippen LogP contribution in [-0.4, -0.2) is 46.4 Å². The third-order valence-electron chi connectivity index (χ3n) is 6.16. The molecule has 1 atom stereocenters. The first kappa shape index (κ1) is 19.8. The lowest BCUT2D eigenvalue weighted by Crippen LogP contribution is -2.42. The van der Waals surface area contributed by atoms with E-state index in [-0.39, 0.29) is 10.7 Å². The van der Waals surface area contributed by atoms with Gasteiger partial charge in [-0.25, -0.2) is 4.39 Å². The molecule has 146 valence electrons. The van der Waals surface area contributed by atoms with Crippen molar-refractivity contribution >= 4 is 16.8 Å². The number of benzene rings is 1. The van der Waals surface area contributed by atoms with Gasteiger partial charge in [0.05, 0.1) is 5.69 Å². The van der Waals surface area contributed by atoms with E-state index in [2.05, 4.69) is 18.7 Å². The number of rotatable bonds is 5. The summed E-state index contributed by atoms with van der Waals surface area (Å²) in [7, 11) is 0. The fourth-order valence-corrected chi connectivity index (χ4v) is 4.75. The van der Waals surface area contributed by atoms with Gasteiger partial charge in [-0.1, -0.05) is 13.8 Å². The maximum Gasteiger partial charge on any atom is 0.146 e. The van der Waals surface area contributed by atoms with Gasteiger partial charge in [-0.05, 0) is 85.8 Å². The van der Waals surface area contributed by atoms with E-state index in [1.54, 1.807) is 0 Å². The van der Waals surface area contributed by atoms with Crippen molar-refractivity contribution in [2.45, 2.75) is 44.4 Å². The van der Waals surface area contributed by atoms with Gasteiger partial charge in [0.25, 0.3) is 0 Å². The number of piperidine rings is 2. The molecule has 2 aliphatic heterocycles. The van der Waals surface area contributed by atoms with Crippen LogP contribution in [-0.2, 0) is 11.1 Å². The minimum absolute atomic E-state index is 0.150. The Morgan fingerprint density at radius 2 is 1.81 bits per heavy atom. The van der Waals surface area contributed by atoms with Crippen LogP contribution in [0.2, 0.25) is 0 Å². The molecule has 1 unspecified atom stereocenters. The zero-order valence-corrected chi connectivity index (χ0v) is 16.6. The van der Waals surface area contributed by atoms with Crippen LogP contribution in [0.3, 0.4) is 0 Å². The lowest BCUT2D eigenvalue weighted by molar-refractivity contribution is 0.132. The largest absolute Gasteiger partial charge is 0.768 e. The zero-order chi connectivity index (χ0) is 18.7. The molecule has 2 heterocycles. The summed E-state index contributed by atoms with van der Waals surface area (Å²) >= 11 is -2.32. The quantitative estimate of drug-likeness (QED) is 0.731. The minimum atomic E-state index is -2.32. The van der Waals surface area contributed by atoms with Crippen LogP contribution in [0.25, 0.3) is 0 Å². The fourth-order valence-electron chi connectivity index (χ4n) is 4.36. The van der Waals surface area contributed by atoms with E-state index in [1.165, 1.54) is 44.1 Å². The van der Waals surface area contributed by atoms with Crippen LogP contribution < -0.4 is 4.90 Å². The standard InChI is InChI=1S/C20H31FN2O2S/c1-15(2)17-7-9-22(10-8-17)14-16-5-11-23(12-6-16)20-13-18(26(24)25)3-4-19(20)21/h3-4,13,15-17H,5-12,14H2,1-2H3,(H,24,25)/p-1.